The molecule has 2 aliphatic rings. The first-order valence-electron chi connectivity index (χ1n) is 9.04. The minimum absolute atomic E-state index is 0.113. The Kier molecular flexibility index (Phi) is 4.87. The van der Waals surface area contributed by atoms with Gasteiger partial charge in [0, 0.05) is 11.6 Å². The molecule has 1 aliphatic carbocycles. The van der Waals surface area contributed by atoms with Crippen molar-refractivity contribution in [1.29, 1.82) is 0 Å². The van der Waals surface area contributed by atoms with Crippen molar-refractivity contribution in [1.82, 2.24) is 14.8 Å². The third-order valence-corrected chi connectivity index (χ3v) is 5.82. The number of hydrogen-bond acceptors (Lipinski definition) is 7. The van der Waals surface area contributed by atoms with Gasteiger partial charge in [-0.15, -0.1) is 11.3 Å². The Morgan fingerprint density at radius 2 is 2.27 bits per heavy atom. The second-order valence-electron chi connectivity index (χ2n) is 6.85. The number of thiazole rings is 1. The SMILES string of the molecule is Nc1c2c(nn1C(CC1CCCCC1)C(=O)Nc1nccs1)NC=NC2. The van der Waals surface area contributed by atoms with E-state index in [1.165, 1.54) is 30.6 Å². The number of fused-ring (bicyclic) bond motifs is 1. The summed E-state index contributed by atoms with van der Waals surface area (Å²) in [5.74, 6) is 1.60. The number of carbonyl (C=O) groups is 1. The quantitative estimate of drug-likeness (QED) is 0.746. The molecule has 4 N–H and O–H groups in total. The standard InChI is InChI=1S/C17H23N7OS/c18-14-12-9-19-10-21-15(12)23-24(14)13(8-11-4-2-1-3-5-11)16(25)22-17-20-6-7-26-17/h6-7,10-11,13H,1-5,8-9,18H2,(H,19,21,23)(H,20,22,25). The summed E-state index contributed by atoms with van der Waals surface area (Å²) >= 11 is 1.41. The molecule has 1 amide bonds. The van der Waals surface area contributed by atoms with Crippen molar-refractivity contribution in [3.8, 4) is 0 Å². The number of nitrogens with zero attached hydrogens (tertiary/aromatic N) is 4. The molecule has 0 saturated heterocycles. The predicted molar refractivity (Wildman–Crippen MR) is 103 cm³/mol. The second-order valence-corrected chi connectivity index (χ2v) is 7.75. The van der Waals surface area contributed by atoms with Gasteiger partial charge in [0.15, 0.2) is 10.9 Å². The lowest BCUT2D eigenvalue weighted by atomic mass is 9.84. The molecule has 1 fully saturated rings. The largest absolute Gasteiger partial charge is 0.384 e. The third-order valence-electron chi connectivity index (χ3n) is 5.13. The molecule has 1 saturated carbocycles. The second kappa shape index (κ2) is 7.45. The molecule has 0 spiro atoms. The van der Waals surface area contributed by atoms with Crippen LogP contribution in [0.3, 0.4) is 0 Å². The van der Waals surface area contributed by atoms with Gasteiger partial charge in [0.1, 0.15) is 11.9 Å². The van der Waals surface area contributed by atoms with E-state index in [1.807, 2.05) is 5.38 Å². The number of nitrogen functional groups attached to an aromatic ring is 1. The Morgan fingerprint density at radius 1 is 1.42 bits per heavy atom. The van der Waals surface area contributed by atoms with E-state index >= 15 is 0 Å². The molecule has 2 aromatic heterocycles. The number of aliphatic imine (C=N–C) groups is 1. The van der Waals surface area contributed by atoms with E-state index in [9.17, 15) is 4.79 Å². The van der Waals surface area contributed by atoms with Crippen molar-refractivity contribution < 1.29 is 4.79 Å². The van der Waals surface area contributed by atoms with Gasteiger partial charge in [0.2, 0.25) is 0 Å². The molecule has 8 nitrogen and oxygen atoms in total. The van der Waals surface area contributed by atoms with E-state index in [1.54, 1.807) is 17.2 Å². The number of nitrogens with two attached hydrogens (primary N) is 1. The van der Waals surface area contributed by atoms with Crippen LogP contribution in [0.15, 0.2) is 16.6 Å². The van der Waals surface area contributed by atoms with Crippen LogP contribution >= 0.6 is 11.3 Å². The van der Waals surface area contributed by atoms with Crippen molar-refractivity contribution in [2.75, 3.05) is 16.4 Å². The lowest BCUT2D eigenvalue weighted by Crippen LogP contribution is -2.30. The molecule has 3 heterocycles. The number of aromatic nitrogens is 3. The predicted octanol–water partition coefficient (Wildman–Crippen LogP) is 3.03. The summed E-state index contributed by atoms with van der Waals surface area (Å²) in [6, 6.07) is -0.450. The van der Waals surface area contributed by atoms with Crippen LogP contribution < -0.4 is 16.4 Å². The third kappa shape index (κ3) is 3.44. The number of nitrogens with one attached hydrogen (secondary N) is 2. The summed E-state index contributed by atoms with van der Waals surface area (Å²) in [6.45, 7) is 0.485. The minimum Gasteiger partial charge on any atom is -0.384 e. The van der Waals surface area contributed by atoms with Gasteiger partial charge in [-0.2, -0.15) is 5.10 Å². The van der Waals surface area contributed by atoms with Gasteiger partial charge in [0.05, 0.1) is 18.4 Å². The van der Waals surface area contributed by atoms with Crippen LogP contribution in [0.4, 0.5) is 16.8 Å². The fourth-order valence-electron chi connectivity index (χ4n) is 3.77. The Labute approximate surface area is 155 Å². The van der Waals surface area contributed by atoms with Gasteiger partial charge in [-0.25, -0.2) is 9.67 Å². The number of hydrogen-bond donors (Lipinski definition) is 3. The Bertz CT molecular complexity index is 792. The van der Waals surface area contributed by atoms with Crippen LogP contribution in [0.25, 0.3) is 0 Å². The highest BCUT2D eigenvalue weighted by molar-refractivity contribution is 7.13. The van der Waals surface area contributed by atoms with Gasteiger partial charge in [-0.05, 0) is 12.3 Å². The zero-order chi connectivity index (χ0) is 17.9. The molecular formula is C17H23N7OS. The highest BCUT2D eigenvalue weighted by Gasteiger charge is 2.30. The molecule has 138 valence electrons. The smallest absolute Gasteiger partial charge is 0.251 e. The molecule has 0 bridgehead atoms. The van der Waals surface area contributed by atoms with Gasteiger partial charge >= 0.3 is 0 Å². The maximum Gasteiger partial charge on any atom is 0.251 e. The zero-order valence-electron chi connectivity index (χ0n) is 14.5. The Morgan fingerprint density at radius 3 is 3.00 bits per heavy atom. The zero-order valence-corrected chi connectivity index (χ0v) is 15.3. The average molecular weight is 373 g/mol. The first-order valence-corrected chi connectivity index (χ1v) is 9.92. The summed E-state index contributed by atoms with van der Waals surface area (Å²) in [7, 11) is 0. The molecule has 0 radical (unpaired) electrons. The summed E-state index contributed by atoms with van der Waals surface area (Å²) in [5.41, 5.74) is 7.19. The number of amides is 1. The summed E-state index contributed by atoms with van der Waals surface area (Å²) in [6.07, 6.45) is 10.1. The van der Waals surface area contributed by atoms with E-state index < -0.39 is 6.04 Å². The average Bonchev–Trinajstić information content (AvgIpc) is 3.29. The van der Waals surface area contributed by atoms with Gasteiger partial charge in [-0.3, -0.25) is 9.79 Å². The summed E-state index contributed by atoms with van der Waals surface area (Å²) in [4.78, 5) is 21.4. The molecule has 0 aromatic carbocycles. The van der Waals surface area contributed by atoms with E-state index in [0.717, 1.165) is 24.8 Å². The summed E-state index contributed by atoms with van der Waals surface area (Å²) < 4.78 is 1.67. The molecule has 1 unspecified atom stereocenters. The highest BCUT2D eigenvalue weighted by Crippen LogP contribution is 2.34. The number of anilines is 3. The molecule has 2 aromatic rings. The molecule has 26 heavy (non-hydrogen) atoms. The van der Waals surface area contributed by atoms with Crippen molar-refractivity contribution in [3.63, 3.8) is 0 Å². The monoisotopic (exact) mass is 373 g/mol. The van der Waals surface area contributed by atoms with Crippen LogP contribution in [-0.4, -0.2) is 27.0 Å². The fraction of sp³-hybridized carbons (Fsp3) is 0.529. The highest BCUT2D eigenvalue weighted by atomic mass is 32.1. The summed E-state index contributed by atoms with van der Waals surface area (Å²) in [5, 5.41) is 13.0. The van der Waals surface area contributed by atoms with E-state index in [4.69, 9.17) is 5.73 Å². The maximum absolute atomic E-state index is 13.0. The molecule has 1 atom stereocenters. The van der Waals surface area contributed by atoms with Crippen molar-refractivity contribution >= 4 is 40.3 Å². The van der Waals surface area contributed by atoms with Crippen molar-refractivity contribution in [2.45, 2.75) is 51.1 Å². The minimum atomic E-state index is -0.450. The van der Waals surface area contributed by atoms with E-state index in [0.29, 0.717) is 29.2 Å². The number of rotatable bonds is 5. The van der Waals surface area contributed by atoms with Crippen LogP contribution in [0.2, 0.25) is 0 Å². The lowest BCUT2D eigenvalue weighted by Gasteiger charge is -2.26. The lowest BCUT2D eigenvalue weighted by molar-refractivity contribution is -0.120. The molecule has 4 rings (SSSR count). The van der Waals surface area contributed by atoms with Crippen LogP contribution in [0, 0.1) is 5.92 Å². The van der Waals surface area contributed by atoms with Crippen molar-refractivity contribution in [3.05, 3.63) is 17.1 Å². The Hall–Kier alpha value is -2.42. The van der Waals surface area contributed by atoms with Gasteiger partial charge < -0.3 is 16.4 Å². The number of carbonyl (C=O) groups excluding carboxylic acids is 1. The molecular weight excluding hydrogens is 350 g/mol. The molecule has 9 heteroatoms. The topological polar surface area (TPSA) is 110 Å². The van der Waals surface area contributed by atoms with E-state index in [-0.39, 0.29) is 5.91 Å². The van der Waals surface area contributed by atoms with Crippen LogP contribution in [0.5, 0.6) is 0 Å². The fourth-order valence-corrected chi connectivity index (χ4v) is 4.30. The normalized spacial score (nSPS) is 18.2. The first-order chi connectivity index (χ1) is 12.7. The van der Waals surface area contributed by atoms with Crippen LogP contribution in [0.1, 0.15) is 50.1 Å². The van der Waals surface area contributed by atoms with E-state index in [2.05, 4.69) is 25.7 Å². The first kappa shape index (κ1) is 17.0. The van der Waals surface area contributed by atoms with Crippen molar-refractivity contribution in [2.24, 2.45) is 10.9 Å². The molecule has 1 aliphatic heterocycles. The maximum atomic E-state index is 13.0. The van der Waals surface area contributed by atoms with Gasteiger partial charge in [-0.1, -0.05) is 32.1 Å². The van der Waals surface area contributed by atoms with Gasteiger partial charge in [0.25, 0.3) is 5.91 Å². The van der Waals surface area contributed by atoms with Crippen LogP contribution in [-0.2, 0) is 11.3 Å². The Balaban J connectivity index is 1.61.